The monoisotopic (exact) mass is 428 g/mol. The van der Waals surface area contributed by atoms with Gasteiger partial charge in [-0.1, -0.05) is 0 Å². The number of carbonyl (C=O) groups is 2. The van der Waals surface area contributed by atoms with E-state index in [1.54, 1.807) is 0 Å². The van der Waals surface area contributed by atoms with Crippen LogP contribution in [-0.2, 0) is 14.3 Å². The fourth-order valence-electron chi connectivity index (χ4n) is 4.44. The largest absolute Gasteiger partial charge is 0.362 e. The predicted molar refractivity (Wildman–Crippen MR) is 114 cm³/mol. The lowest BCUT2D eigenvalue weighted by molar-refractivity contribution is -0.143. The highest BCUT2D eigenvalue weighted by Gasteiger charge is 2.26. The number of amides is 2. The molecule has 2 aromatic heterocycles. The molecule has 9 nitrogen and oxygen atoms in total. The van der Waals surface area contributed by atoms with Gasteiger partial charge in [-0.15, -0.1) is 0 Å². The van der Waals surface area contributed by atoms with Crippen molar-refractivity contribution in [1.29, 1.82) is 0 Å². The van der Waals surface area contributed by atoms with E-state index >= 15 is 0 Å². The highest BCUT2D eigenvalue weighted by atomic mass is 16.5. The standard InChI is InChI=1S/C22H32N6O3/c1-17-3-13-27(23-17)19-5-9-25(10-6-19)21(29)15-31-16-22(30)26-11-7-20(8-12-26)28-14-4-18(2)24-28/h3-4,13-14,19-20H,5-12,15-16H2,1-2H3. The summed E-state index contributed by atoms with van der Waals surface area (Å²) < 4.78 is 9.48. The van der Waals surface area contributed by atoms with E-state index in [0.717, 1.165) is 37.1 Å². The minimum atomic E-state index is -0.0457. The quantitative estimate of drug-likeness (QED) is 0.700. The van der Waals surface area contributed by atoms with Crippen LogP contribution in [0.2, 0.25) is 0 Å². The molecule has 0 aromatic carbocycles. The summed E-state index contributed by atoms with van der Waals surface area (Å²) in [5.74, 6) is -0.0914. The Labute approximate surface area is 182 Å². The molecule has 0 saturated carbocycles. The van der Waals surface area contributed by atoms with Gasteiger partial charge in [0.25, 0.3) is 0 Å². The predicted octanol–water partition coefficient (Wildman–Crippen LogP) is 1.74. The zero-order chi connectivity index (χ0) is 21.8. The number of rotatable bonds is 6. The molecule has 31 heavy (non-hydrogen) atoms. The van der Waals surface area contributed by atoms with Crippen LogP contribution in [0.1, 0.15) is 49.2 Å². The van der Waals surface area contributed by atoms with Gasteiger partial charge in [-0.3, -0.25) is 19.0 Å². The molecule has 0 atom stereocenters. The Kier molecular flexibility index (Phi) is 6.70. The van der Waals surface area contributed by atoms with Crippen LogP contribution in [0.15, 0.2) is 24.5 Å². The van der Waals surface area contributed by atoms with Gasteiger partial charge in [0, 0.05) is 38.6 Å². The van der Waals surface area contributed by atoms with Crippen LogP contribution in [0.5, 0.6) is 0 Å². The molecule has 0 aliphatic carbocycles. The third-order valence-corrected chi connectivity index (χ3v) is 6.32. The summed E-state index contributed by atoms with van der Waals surface area (Å²) >= 11 is 0. The van der Waals surface area contributed by atoms with Gasteiger partial charge in [0.05, 0.1) is 23.5 Å². The highest BCUT2D eigenvalue weighted by Crippen LogP contribution is 2.23. The van der Waals surface area contributed by atoms with Crippen LogP contribution >= 0.6 is 0 Å². The van der Waals surface area contributed by atoms with Crippen molar-refractivity contribution in [1.82, 2.24) is 29.4 Å². The molecule has 4 rings (SSSR count). The second-order valence-electron chi connectivity index (χ2n) is 8.59. The lowest BCUT2D eigenvalue weighted by Crippen LogP contribution is -2.43. The number of aromatic nitrogens is 4. The van der Waals surface area contributed by atoms with E-state index in [0.29, 0.717) is 38.3 Å². The second kappa shape index (κ2) is 9.64. The molecule has 2 aromatic rings. The van der Waals surface area contributed by atoms with Crippen LogP contribution in [-0.4, -0.2) is 80.6 Å². The minimum absolute atomic E-state index is 0.0414. The summed E-state index contributed by atoms with van der Waals surface area (Å²) in [6.07, 6.45) is 7.55. The second-order valence-corrected chi connectivity index (χ2v) is 8.59. The maximum Gasteiger partial charge on any atom is 0.248 e. The van der Waals surface area contributed by atoms with E-state index in [4.69, 9.17) is 4.74 Å². The Bertz CT molecular complexity index is 818. The fraction of sp³-hybridized carbons (Fsp3) is 0.636. The number of aryl methyl sites for hydroxylation is 2. The van der Waals surface area contributed by atoms with E-state index in [1.807, 2.05) is 57.5 Å². The summed E-state index contributed by atoms with van der Waals surface area (Å²) in [6.45, 7) is 6.66. The lowest BCUT2D eigenvalue weighted by atomic mass is 10.1. The van der Waals surface area contributed by atoms with Gasteiger partial charge < -0.3 is 14.5 Å². The Morgan fingerprint density at radius 3 is 1.52 bits per heavy atom. The first-order valence-electron chi connectivity index (χ1n) is 11.2. The molecule has 0 spiro atoms. The average Bonchev–Trinajstić information content (AvgIpc) is 3.42. The number of hydrogen-bond donors (Lipinski definition) is 0. The molecule has 168 valence electrons. The molecule has 2 aliphatic rings. The number of likely N-dealkylation sites (tertiary alicyclic amines) is 2. The summed E-state index contributed by atoms with van der Waals surface area (Å²) in [4.78, 5) is 28.6. The SMILES string of the molecule is Cc1ccn(C2CCN(C(=O)COCC(=O)N3CCC(n4ccc(C)n4)CC3)CC2)n1. The third-order valence-electron chi connectivity index (χ3n) is 6.32. The molecular weight excluding hydrogens is 396 g/mol. The normalized spacial score (nSPS) is 18.5. The van der Waals surface area contributed by atoms with Gasteiger partial charge in [-0.05, 0) is 51.7 Å². The molecule has 2 amide bonds. The number of nitrogens with zero attached hydrogens (tertiary/aromatic N) is 6. The van der Waals surface area contributed by atoms with E-state index in [2.05, 4.69) is 10.2 Å². The first kappa shape index (κ1) is 21.5. The zero-order valence-corrected chi connectivity index (χ0v) is 18.4. The average molecular weight is 429 g/mol. The maximum atomic E-state index is 12.4. The Morgan fingerprint density at radius 1 is 0.806 bits per heavy atom. The highest BCUT2D eigenvalue weighted by molar-refractivity contribution is 5.79. The van der Waals surface area contributed by atoms with Gasteiger partial charge >= 0.3 is 0 Å². The van der Waals surface area contributed by atoms with Crippen molar-refractivity contribution in [2.45, 2.75) is 51.6 Å². The van der Waals surface area contributed by atoms with Gasteiger partial charge in [0.1, 0.15) is 13.2 Å². The Morgan fingerprint density at radius 2 is 1.19 bits per heavy atom. The molecule has 0 radical (unpaired) electrons. The van der Waals surface area contributed by atoms with Crippen molar-refractivity contribution >= 4 is 11.8 Å². The lowest BCUT2D eigenvalue weighted by Gasteiger charge is -2.33. The topological polar surface area (TPSA) is 85.5 Å². The van der Waals surface area contributed by atoms with Crippen LogP contribution in [0.3, 0.4) is 0 Å². The zero-order valence-electron chi connectivity index (χ0n) is 18.4. The van der Waals surface area contributed by atoms with Crippen molar-refractivity contribution in [3.05, 3.63) is 35.9 Å². The number of ether oxygens (including phenoxy) is 1. The van der Waals surface area contributed by atoms with Crippen molar-refractivity contribution in [2.24, 2.45) is 0 Å². The summed E-state index contributed by atoms with van der Waals surface area (Å²) in [7, 11) is 0. The summed E-state index contributed by atoms with van der Waals surface area (Å²) in [5, 5.41) is 8.96. The summed E-state index contributed by atoms with van der Waals surface area (Å²) in [6, 6.07) is 4.69. The smallest absolute Gasteiger partial charge is 0.248 e. The Balaban J connectivity index is 1.14. The Hall–Kier alpha value is -2.68. The molecule has 2 aliphatic heterocycles. The fourth-order valence-corrected chi connectivity index (χ4v) is 4.44. The van der Waals surface area contributed by atoms with Gasteiger partial charge in [-0.25, -0.2) is 0 Å². The van der Waals surface area contributed by atoms with Gasteiger partial charge in [0.15, 0.2) is 0 Å². The molecule has 2 saturated heterocycles. The van der Waals surface area contributed by atoms with E-state index in [1.165, 1.54) is 0 Å². The van der Waals surface area contributed by atoms with E-state index in [-0.39, 0.29) is 25.0 Å². The van der Waals surface area contributed by atoms with Crippen LogP contribution in [0, 0.1) is 13.8 Å². The van der Waals surface area contributed by atoms with Crippen LogP contribution in [0.25, 0.3) is 0 Å². The van der Waals surface area contributed by atoms with E-state index < -0.39 is 0 Å². The molecule has 4 heterocycles. The van der Waals surface area contributed by atoms with Crippen LogP contribution in [0.4, 0.5) is 0 Å². The van der Waals surface area contributed by atoms with Gasteiger partial charge in [0.2, 0.25) is 11.8 Å². The van der Waals surface area contributed by atoms with Gasteiger partial charge in [-0.2, -0.15) is 10.2 Å². The molecular formula is C22H32N6O3. The number of piperidine rings is 2. The summed E-state index contributed by atoms with van der Waals surface area (Å²) in [5.41, 5.74) is 2.02. The van der Waals surface area contributed by atoms with Crippen molar-refractivity contribution in [3.8, 4) is 0 Å². The van der Waals surface area contributed by atoms with Crippen molar-refractivity contribution in [2.75, 3.05) is 39.4 Å². The molecule has 0 unspecified atom stereocenters. The van der Waals surface area contributed by atoms with Crippen molar-refractivity contribution in [3.63, 3.8) is 0 Å². The minimum Gasteiger partial charge on any atom is -0.362 e. The maximum absolute atomic E-state index is 12.4. The molecule has 9 heteroatoms. The molecule has 0 N–H and O–H groups in total. The van der Waals surface area contributed by atoms with Crippen LogP contribution < -0.4 is 0 Å². The first-order valence-corrected chi connectivity index (χ1v) is 11.2. The molecule has 2 fully saturated rings. The first-order chi connectivity index (χ1) is 15.0. The molecule has 0 bridgehead atoms. The van der Waals surface area contributed by atoms with E-state index in [9.17, 15) is 9.59 Å². The van der Waals surface area contributed by atoms with Crippen molar-refractivity contribution < 1.29 is 14.3 Å². The third kappa shape index (κ3) is 5.33. The number of carbonyl (C=O) groups excluding carboxylic acids is 2. The number of hydrogen-bond acceptors (Lipinski definition) is 5.